The highest BCUT2D eigenvalue weighted by atomic mass is 19.4. The van der Waals surface area contributed by atoms with Crippen LogP contribution in [0.15, 0.2) is 23.8 Å². The van der Waals surface area contributed by atoms with E-state index >= 15 is 0 Å². The number of hydrogen-bond donors (Lipinski definition) is 3. The van der Waals surface area contributed by atoms with E-state index in [9.17, 15) is 27.6 Å². The number of carboxylic acids is 2. The van der Waals surface area contributed by atoms with Crippen LogP contribution in [0.25, 0.3) is 6.08 Å². The summed E-state index contributed by atoms with van der Waals surface area (Å²) in [4.78, 5) is 44.5. The van der Waals surface area contributed by atoms with Gasteiger partial charge in [0.25, 0.3) is 0 Å². The summed E-state index contributed by atoms with van der Waals surface area (Å²) >= 11 is 0. The van der Waals surface area contributed by atoms with Crippen molar-refractivity contribution < 1.29 is 61.5 Å². The molecule has 0 amide bonds. The summed E-state index contributed by atoms with van der Waals surface area (Å²) in [6.07, 6.45) is -0.898. The number of aliphatic carboxylic acids is 2. The third-order valence-electron chi connectivity index (χ3n) is 5.15. The Morgan fingerprint density at radius 1 is 0.900 bits per heavy atom. The van der Waals surface area contributed by atoms with E-state index in [4.69, 9.17) is 39.7 Å². The molecule has 4 N–H and O–H groups in total. The first-order chi connectivity index (χ1) is 19.0. The lowest BCUT2D eigenvalue weighted by Crippen LogP contribution is -2.21. The number of rotatable bonds is 18. The maximum absolute atomic E-state index is 12.5. The van der Waals surface area contributed by atoms with Crippen molar-refractivity contribution >= 4 is 29.6 Å². The van der Waals surface area contributed by atoms with E-state index < -0.39 is 24.7 Å². The fourth-order valence-electron chi connectivity index (χ4n) is 3.20. The Morgan fingerprint density at radius 2 is 1.48 bits per heavy atom. The second-order valence-electron chi connectivity index (χ2n) is 8.36. The largest absolute Gasteiger partial charge is 0.490 e. The minimum Gasteiger partial charge on any atom is -0.482 e. The smallest absolute Gasteiger partial charge is 0.482 e. The quantitative estimate of drug-likeness (QED) is 0.173. The van der Waals surface area contributed by atoms with Crippen LogP contribution in [-0.4, -0.2) is 92.7 Å². The van der Waals surface area contributed by atoms with Crippen LogP contribution in [-0.2, 0) is 39.8 Å². The maximum Gasteiger partial charge on any atom is 0.490 e. The first-order valence-electron chi connectivity index (χ1n) is 12.4. The summed E-state index contributed by atoms with van der Waals surface area (Å²) in [6, 6.07) is 5.00. The average Bonchev–Trinajstić information content (AvgIpc) is 2.89. The average molecular weight is 578 g/mol. The molecule has 1 aromatic rings. The van der Waals surface area contributed by atoms with Crippen LogP contribution in [0, 0.1) is 0 Å². The molecule has 11 nitrogen and oxygen atoms in total. The van der Waals surface area contributed by atoms with E-state index in [0.29, 0.717) is 58.4 Å². The molecule has 0 unspecified atom stereocenters. The van der Waals surface area contributed by atoms with Gasteiger partial charge in [0, 0.05) is 26.1 Å². The van der Waals surface area contributed by atoms with E-state index in [2.05, 4.69) is 0 Å². The highest BCUT2D eigenvalue weighted by Gasteiger charge is 2.38. The molecule has 40 heavy (non-hydrogen) atoms. The number of carbonyl (C=O) groups is 4. The number of ether oxygens (including phenoxy) is 4. The Bertz CT molecular complexity index is 1010. The number of unbranched alkanes of at least 4 members (excludes halogenated alkanes) is 1. The second-order valence-corrected chi connectivity index (χ2v) is 8.36. The van der Waals surface area contributed by atoms with Crippen LogP contribution >= 0.6 is 0 Å². The number of halogens is 3. The molecule has 0 saturated heterocycles. The van der Waals surface area contributed by atoms with Crippen LogP contribution < -0.4 is 10.5 Å². The predicted molar refractivity (Wildman–Crippen MR) is 135 cm³/mol. The second kappa shape index (κ2) is 18.9. The van der Waals surface area contributed by atoms with Crippen molar-refractivity contribution in [1.29, 1.82) is 0 Å². The monoisotopic (exact) mass is 577 g/mol. The molecule has 1 aliphatic rings. The zero-order chi connectivity index (χ0) is 30.0. The number of hydrogen-bond acceptors (Lipinski definition) is 9. The van der Waals surface area contributed by atoms with Crippen LogP contribution in [0.4, 0.5) is 13.2 Å². The number of carboxylic acid groups (broad SMARTS) is 2. The molecule has 1 aliphatic carbocycles. The summed E-state index contributed by atoms with van der Waals surface area (Å²) in [5, 5.41) is 15.8. The standard InChI is InChI=1S/C24H33NO8.C2HF3O2/c25-7-3-9-31-11-13-32-12-10-30-8-2-1-4-22(26)21-15-18-5-6-20(33-17-24(28)29)14-19(18)16-23(21)27;3-2(4,5)1(6)7/h5-6,14-15H,1-4,7-13,16-17,25H2,(H,28,29);(H,6,7). The molecule has 0 spiro atoms. The zero-order valence-corrected chi connectivity index (χ0v) is 21.9. The number of carbonyl (C=O) groups excluding carboxylic acids is 2. The van der Waals surface area contributed by atoms with E-state index in [1.165, 1.54) is 0 Å². The molecule has 0 saturated carbocycles. The minimum atomic E-state index is -5.08. The van der Waals surface area contributed by atoms with Gasteiger partial charge in [-0.05, 0) is 55.1 Å². The van der Waals surface area contributed by atoms with Crippen molar-refractivity contribution in [3.05, 3.63) is 34.9 Å². The lowest BCUT2D eigenvalue weighted by Gasteiger charge is -2.16. The Balaban J connectivity index is 0.00000101. The highest BCUT2D eigenvalue weighted by molar-refractivity contribution is 6.25. The van der Waals surface area contributed by atoms with Crippen molar-refractivity contribution in [2.24, 2.45) is 5.73 Å². The molecule has 14 heteroatoms. The van der Waals surface area contributed by atoms with Gasteiger partial charge in [0.2, 0.25) is 0 Å². The molecular weight excluding hydrogens is 543 g/mol. The molecule has 0 bridgehead atoms. The summed E-state index contributed by atoms with van der Waals surface area (Å²) < 4.78 is 53.1. The zero-order valence-electron chi connectivity index (χ0n) is 21.9. The van der Waals surface area contributed by atoms with E-state index in [1.807, 2.05) is 0 Å². The van der Waals surface area contributed by atoms with Gasteiger partial charge >= 0.3 is 18.1 Å². The van der Waals surface area contributed by atoms with Gasteiger partial charge < -0.3 is 34.9 Å². The summed E-state index contributed by atoms with van der Waals surface area (Å²) in [5.74, 6) is -3.85. The molecule has 0 aromatic heterocycles. The van der Waals surface area contributed by atoms with Crippen LogP contribution in [0.2, 0.25) is 0 Å². The number of nitrogens with two attached hydrogens (primary N) is 1. The Morgan fingerprint density at radius 3 is 2.02 bits per heavy atom. The lowest BCUT2D eigenvalue weighted by molar-refractivity contribution is -0.192. The molecular formula is C26H34F3NO10. The van der Waals surface area contributed by atoms with E-state index in [1.54, 1.807) is 24.3 Å². The first-order valence-corrected chi connectivity index (χ1v) is 12.4. The van der Waals surface area contributed by atoms with Crippen LogP contribution in [0.5, 0.6) is 5.75 Å². The van der Waals surface area contributed by atoms with Crippen molar-refractivity contribution in [2.75, 3.05) is 52.8 Å². The van der Waals surface area contributed by atoms with Crippen molar-refractivity contribution in [3.63, 3.8) is 0 Å². The van der Waals surface area contributed by atoms with Crippen LogP contribution in [0.1, 0.15) is 36.8 Å². The number of alkyl halides is 3. The SMILES string of the molecule is NCCCOCCOCCOCCCCC(=O)C1=Cc2ccc(OCC(=O)O)cc2CC1=O.O=C(O)C(F)(F)F. The molecule has 0 heterocycles. The lowest BCUT2D eigenvalue weighted by atomic mass is 9.88. The van der Waals surface area contributed by atoms with Crippen molar-refractivity contribution in [1.82, 2.24) is 0 Å². The fraction of sp³-hybridized carbons (Fsp3) is 0.538. The Kier molecular flexibility index (Phi) is 16.4. The summed E-state index contributed by atoms with van der Waals surface area (Å²) in [6.45, 7) is 3.38. The third-order valence-corrected chi connectivity index (χ3v) is 5.15. The van der Waals surface area contributed by atoms with Crippen LogP contribution in [0.3, 0.4) is 0 Å². The normalized spacial score (nSPS) is 12.6. The molecule has 0 aliphatic heterocycles. The number of Topliss-reactive ketones (excluding diaryl/α,β-unsaturated/α-hetero) is 2. The third kappa shape index (κ3) is 14.7. The molecule has 0 atom stereocenters. The van der Waals surface area contributed by atoms with Gasteiger partial charge in [-0.25, -0.2) is 9.59 Å². The molecule has 0 radical (unpaired) electrons. The van der Waals surface area contributed by atoms with Gasteiger partial charge in [0.05, 0.1) is 32.0 Å². The van der Waals surface area contributed by atoms with Gasteiger partial charge in [0.15, 0.2) is 18.2 Å². The molecule has 1 aromatic carbocycles. The molecule has 0 fully saturated rings. The maximum atomic E-state index is 12.5. The molecule has 2 rings (SSSR count). The predicted octanol–water partition coefficient (Wildman–Crippen LogP) is 2.43. The number of ketones is 2. The highest BCUT2D eigenvalue weighted by Crippen LogP contribution is 2.27. The number of benzene rings is 1. The van der Waals surface area contributed by atoms with Gasteiger partial charge in [-0.3, -0.25) is 9.59 Å². The number of allylic oxidation sites excluding steroid dienone is 1. The van der Waals surface area contributed by atoms with Gasteiger partial charge in [-0.1, -0.05) is 6.07 Å². The topological polar surface area (TPSA) is 172 Å². The van der Waals surface area contributed by atoms with Crippen molar-refractivity contribution in [3.8, 4) is 5.75 Å². The Hall–Kier alpha value is -3.33. The van der Waals surface area contributed by atoms with E-state index in [-0.39, 0.29) is 30.0 Å². The van der Waals surface area contributed by atoms with E-state index in [0.717, 1.165) is 24.0 Å². The Labute approximate surface area is 229 Å². The summed E-state index contributed by atoms with van der Waals surface area (Å²) in [7, 11) is 0. The molecule has 224 valence electrons. The minimum absolute atomic E-state index is 0.0956. The summed E-state index contributed by atoms with van der Waals surface area (Å²) in [5.41, 5.74) is 7.08. The number of fused-ring (bicyclic) bond motifs is 1. The van der Waals surface area contributed by atoms with Gasteiger partial charge in [0.1, 0.15) is 5.75 Å². The first kappa shape index (κ1) is 34.7. The van der Waals surface area contributed by atoms with Gasteiger partial charge in [-0.15, -0.1) is 0 Å². The van der Waals surface area contributed by atoms with Crippen molar-refractivity contribution in [2.45, 2.75) is 38.3 Å². The fourth-order valence-corrected chi connectivity index (χ4v) is 3.20. The van der Waals surface area contributed by atoms with Gasteiger partial charge in [-0.2, -0.15) is 13.2 Å².